The maximum Gasteiger partial charge on any atom is 0.209 e. The van der Waals surface area contributed by atoms with E-state index in [2.05, 4.69) is 34.0 Å². The van der Waals surface area contributed by atoms with Crippen LogP contribution in [-0.2, 0) is 0 Å². The van der Waals surface area contributed by atoms with E-state index < -0.39 is 0 Å². The Bertz CT molecular complexity index is 813. The molecule has 3 rings (SSSR count). The molecule has 0 aliphatic heterocycles. The molecule has 0 radical (unpaired) electrons. The molecule has 1 N–H and O–H groups in total. The second kappa shape index (κ2) is 7.40. The third-order valence-corrected chi connectivity index (χ3v) is 4.45. The van der Waals surface area contributed by atoms with Crippen LogP contribution in [0.2, 0.25) is 0 Å². The van der Waals surface area contributed by atoms with Crippen LogP contribution in [0.4, 0.5) is 0 Å². The second-order valence-corrected chi connectivity index (χ2v) is 6.61. The summed E-state index contributed by atoms with van der Waals surface area (Å²) < 4.78 is 0. The van der Waals surface area contributed by atoms with Gasteiger partial charge in [-0.05, 0) is 23.6 Å². The number of aromatic amines is 1. The quantitative estimate of drug-likeness (QED) is 0.544. The molecule has 0 saturated carbocycles. The van der Waals surface area contributed by atoms with E-state index in [1.807, 2.05) is 42.5 Å². The molecule has 3 aromatic rings. The molecule has 6 heteroatoms. The van der Waals surface area contributed by atoms with Crippen molar-refractivity contribution in [2.75, 3.05) is 5.75 Å². The van der Waals surface area contributed by atoms with E-state index in [1.165, 1.54) is 17.3 Å². The van der Waals surface area contributed by atoms with Gasteiger partial charge in [0.25, 0.3) is 0 Å². The Morgan fingerprint density at radius 3 is 2.62 bits per heavy atom. The van der Waals surface area contributed by atoms with Crippen molar-refractivity contribution in [1.29, 1.82) is 0 Å². The summed E-state index contributed by atoms with van der Waals surface area (Å²) in [5.41, 5.74) is 2.67. The first-order chi connectivity index (χ1) is 11.6. The van der Waals surface area contributed by atoms with Crippen LogP contribution in [0.15, 0.2) is 53.8 Å². The summed E-state index contributed by atoms with van der Waals surface area (Å²) >= 11 is 1.32. The Morgan fingerprint density at radius 1 is 1.17 bits per heavy atom. The van der Waals surface area contributed by atoms with Gasteiger partial charge in [0, 0.05) is 11.8 Å². The largest absolute Gasteiger partial charge is 0.293 e. The zero-order valence-corrected chi connectivity index (χ0v) is 14.4. The van der Waals surface area contributed by atoms with E-state index in [0.717, 1.165) is 5.69 Å². The van der Waals surface area contributed by atoms with Crippen LogP contribution in [-0.4, -0.2) is 31.7 Å². The zero-order valence-electron chi connectivity index (χ0n) is 13.6. The summed E-state index contributed by atoms with van der Waals surface area (Å²) in [6.07, 6.45) is 1.70. The molecule has 0 unspecified atom stereocenters. The van der Waals surface area contributed by atoms with Crippen LogP contribution >= 0.6 is 11.8 Å². The summed E-state index contributed by atoms with van der Waals surface area (Å²) in [7, 11) is 0. The Kier molecular flexibility index (Phi) is 5.05. The highest BCUT2D eigenvalue weighted by molar-refractivity contribution is 7.99. The number of benzene rings is 1. The van der Waals surface area contributed by atoms with Crippen molar-refractivity contribution in [3.63, 3.8) is 0 Å². The van der Waals surface area contributed by atoms with Gasteiger partial charge in [-0.3, -0.25) is 14.9 Å². The molecule has 0 atom stereocenters. The standard InChI is InChI=1S/C18H18N4OS/c1-12(2)13-6-8-14(9-7-13)16(23)11-24-18-20-17(21-22-18)15-5-3-4-10-19-15/h3-10,12H,11H2,1-2H3,(H,20,21,22). The first kappa shape index (κ1) is 16.4. The number of thioether (sulfide) groups is 1. The molecule has 2 heterocycles. The fourth-order valence-corrected chi connectivity index (χ4v) is 2.89. The minimum Gasteiger partial charge on any atom is -0.293 e. The number of carbonyl (C=O) groups is 1. The molecule has 0 aliphatic rings. The number of rotatable bonds is 6. The Labute approximate surface area is 144 Å². The number of hydrogen-bond donors (Lipinski definition) is 1. The molecular formula is C18H18N4OS. The number of hydrogen-bond acceptors (Lipinski definition) is 5. The molecule has 122 valence electrons. The van der Waals surface area contributed by atoms with E-state index >= 15 is 0 Å². The van der Waals surface area contributed by atoms with E-state index in [1.54, 1.807) is 6.20 Å². The molecule has 0 amide bonds. The number of nitrogens with zero attached hydrogens (tertiary/aromatic N) is 3. The summed E-state index contributed by atoms with van der Waals surface area (Å²) in [5.74, 6) is 1.44. The number of carbonyl (C=O) groups excluding carboxylic acids is 1. The van der Waals surface area contributed by atoms with E-state index in [4.69, 9.17) is 0 Å². The summed E-state index contributed by atoms with van der Waals surface area (Å²) in [6, 6.07) is 13.4. The van der Waals surface area contributed by atoms with Crippen LogP contribution in [0.5, 0.6) is 0 Å². The van der Waals surface area contributed by atoms with Gasteiger partial charge in [-0.1, -0.05) is 55.9 Å². The predicted molar refractivity (Wildman–Crippen MR) is 95.2 cm³/mol. The molecule has 0 spiro atoms. The van der Waals surface area contributed by atoms with Gasteiger partial charge < -0.3 is 0 Å². The number of nitrogens with one attached hydrogen (secondary N) is 1. The molecule has 24 heavy (non-hydrogen) atoms. The maximum atomic E-state index is 12.3. The average molecular weight is 338 g/mol. The SMILES string of the molecule is CC(C)c1ccc(C(=O)CSc2n[nH]c(-c3ccccn3)n2)cc1. The van der Waals surface area contributed by atoms with Crippen molar-refractivity contribution >= 4 is 17.5 Å². The van der Waals surface area contributed by atoms with Gasteiger partial charge in [0.2, 0.25) is 5.16 Å². The molecule has 5 nitrogen and oxygen atoms in total. The molecule has 2 aromatic heterocycles. The number of aromatic nitrogens is 4. The predicted octanol–water partition coefficient (Wildman–Crippen LogP) is 3.97. The lowest BCUT2D eigenvalue weighted by molar-refractivity contribution is 0.102. The lowest BCUT2D eigenvalue weighted by Gasteiger charge is -2.05. The topological polar surface area (TPSA) is 71.5 Å². The van der Waals surface area contributed by atoms with Gasteiger partial charge in [-0.2, -0.15) is 4.98 Å². The lowest BCUT2D eigenvalue weighted by Crippen LogP contribution is -2.03. The molecule has 0 fully saturated rings. The summed E-state index contributed by atoms with van der Waals surface area (Å²) in [6.45, 7) is 4.27. The Hall–Kier alpha value is -2.47. The molecular weight excluding hydrogens is 320 g/mol. The third-order valence-electron chi connectivity index (χ3n) is 3.60. The van der Waals surface area contributed by atoms with Crippen molar-refractivity contribution in [3.05, 3.63) is 59.8 Å². The average Bonchev–Trinajstić information content (AvgIpc) is 3.09. The van der Waals surface area contributed by atoms with Gasteiger partial charge in [0.05, 0.1) is 5.75 Å². The highest BCUT2D eigenvalue weighted by atomic mass is 32.2. The van der Waals surface area contributed by atoms with Crippen molar-refractivity contribution in [3.8, 4) is 11.5 Å². The lowest BCUT2D eigenvalue weighted by atomic mass is 10.0. The molecule has 0 saturated heterocycles. The fourth-order valence-electron chi connectivity index (χ4n) is 2.20. The Balaban J connectivity index is 1.61. The Morgan fingerprint density at radius 2 is 1.96 bits per heavy atom. The van der Waals surface area contributed by atoms with Gasteiger partial charge in [0.15, 0.2) is 11.6 Å². The minimum atomic E-state index is 0.0690. The second-order valence-electron chi connectivity index (χ2n) is 5.67. The van der Waals surface area contributed by atoms with Crippen LogP contribution in [0.3, 0.4) is 0 Å². The monoisotopic (exact) mass is 338 g/mol. The smallest absolute Gasteiger partial charge is 0.209 e. The number of Topliss-reactive ketones (excluding diaryl/α,β-unsaturated/α-hetero) is 1. The van der Waals surface area contributed by atoms with Crippen LogP contribution < -0.4 is 0 Å². The fraction of sp³-hybridized carbons (Fsp3) is 0.222. The van der Waals surface area contributed by atoms with Crippen molar-refractivity contribution in [2.24, 2.45) is 0 Å². The highest BCUT2D eigenvalue weighted by Gasteiger charge is 2.11. The maximum absolute atomic E-state index is 12.3. The van der Waals surface area contributed by atoms with Crippen LogP contribution in [0.1, 0.15) is 35.7 Å². The molecule has 0 aliphatic carbocycles. The summed E-state index contributed by atoms with van der Waals surface area (Å²) in [4.78, 5) is 20.9. The minimum absolute atomic E-state index is 0.0690. The van der Waals surface area contributed by atoms with Crippen molar-refractivity contribution in [1.82, 2.24) is 20.2 Å². The number of ketones is 1. The number of pyridine rings is 1. The third kappa shape index (κ3) is 3.89. The van der Waals surface area contributed by atoms with Gasteiger partial charge in [0.1, 0.15) is 5.69 Å². The van der Waals surface area contributed by atoms with Crippen LogP contribution in [0.25, 0.3) is 11.5 Å². The van der Waals surface area contributed by atoms with Crippen LogP contribution in [0, 0.1) is 0 Å². The van der Waals surface area contributed by atoms with Gasteiger partial charge in [-0.15, -0.1) is 5.10 Å². The molecule has 0 bridgehead atoms. The van der Waals surface area contributed by atoms with Gasteiger partial charge >= 0.3 is 0 Å². The van der Waals surface area contributed by atoms with E-state index in [9.17, 15) is 4.79 Å². The van der Waals surface area contributed by atoms with E-state index in [-0.39, 0.29) is 5.78 Å². The van der Waals surface area contributed by atoms with E-state index in [0.29, 0.717) is 28.2 Å². The number of H-pyrrole nitrogens is 1. The zero-order chi connectivity index (χ0) is 16.9. The highest BCUT2D eigenvalue weighted by Crippen LogP contribution is 2.20. The summed E-state index contributed by atoms with van der Waals surface area (Å²) in [5, 5.41) is 7.52. The first-order valence-electron chi connectivity index (χ1n) is 7.73. The van der Waals surface area contributed by atoms with Crippen molar-refractivity contribution < 1.29 is 4.79 Å². The van der Waals surface area contributed by atoms with Crippen molar-refractivity contribution in [2.45, 2.75) is 24.9 Å². The first-order valence-corrected chi connectivity index (χ1v) is 8.72. The normalized spacial score (nSPS) is 11.0. The molecule has 1 aromatic carbocycles. The van der Waals surface area contributed by atoms with Gasteiger partial charge in [-0.25, -0.2) is 0 Å².